The molecule has 0 spiro atoms. The van der Waals surface area contributed by atoms with Gasteiger partial charge in [-0.2, -0.15) is 0 Å². The molecule has 1 aromatic rings. The summed E-state index contributed by atoms with van der Waals surface area (Å²) in [4.78, 5) is 14.5. The summed E-state index contributed by atoms with van der Waals surface area (Å²) in [5.74, 6) is 0.164. The van der Waals surface area contributed by atoms with Crippen LogP contribution >= 0.6 is 12.4 Å². The molecular weight excluding hydrogens is 260 g/mol. The van der Waals surface area contributed by atoms with E-state index in [0.29, 0.717) is 0 Å². The van der Waals surface area contributed by atoms with Crippen LogP contribution in [-0.2, 0) is 0 Å². The number of aryl methyl sites for hydroxylation is 3. The molecule has 1 aromatic carbocycles. The van der Waals surface area contributed by atoms with Crippen molar-refractivity contribution in [1.29, 1.82) is 0 Å². The maximum absolute atomic E-state index is 12.5. The van der Waals surface area contributed by atoms with Crippen molar-refractivity contribution in [3.8, 4) is 0 Å². The molecule has 106 valence electrons. The summed E-state index contributed by atoms with van der Waals surface area (Å²) in [5, 5.41) is 0. The minimum absolute atomic E-state index is 0. The fraction of sp³-hybridized carbons (Fsp3) is 0.533. The van der Waals surface area contributed by atoms with Crippen molar-refractivity contribution in [3.05, 3.63) is 34.4 Å². The van der Waals surface area contributed by atoms with Gasteiger partial charge in [-0.15, -0.1) is 12.4 Å². The van der Waals surface area contributed by atoms with Crippen molar-refractivity contribution in [2.45, 2.75) is 39.7 Å². The number of likely N-dealkylation sites (tertiary alicyclic amines) is 1. The molecule has 1 aliphatic rings. The highest BCUT2D eigenvalue weighted by Gasteiger charge is 2.23. The Morgan fingerprint density at radius 2 is 1.63 bits per heavy atom. The standard InChI is InChI=1S/C15H22N2O.ClH/c1-10-8-11(2)14(12(3)9-10)15(18)17-6-4-13(16)5-7-17;/h8-9,13H,4-7,16H2,1-3H3;1H. The highest BCUT2D eigenvalue weighted by molar-refractivity contribution is 5.97. The normalized spacial score (nSPS) is 16.1. The average Bonchev–Trinajstić information content (AvgIpc) is 2.28. The molecule has 0 bridgehead atoms. The van der Waals surface area contributed by atoms with E-state index in [9.17, 15) is 4.79 Å². The molecule has 1 saturated heterocycles. The summed E-state index contributed by atoms with van der Waals surface area (Å²) in [6, 6.07) is 4.42. The Morgan fingerprint density at radius 1 is 1.16 bits per heavy atom. The number of hydrogen-bond donors (Lipinski definition) is 1. The molecule has 1 aliphatic heterocycles. The summed E-state index contributed by atoms with van der Waals surface area (Å²) in [6.07, 6.45) is 1.82. The smallest absolute Gasteiger partial charge is 0.254 e. The van der Waals surface area contributed by atoms with Crippen LogP contribution in [0.1, 0.15) is 39.9 Å². The van der Waals surface area contributed by atoms with Crippen LogP contribution in [0.2, 0.25) is 0 Å². The van der Waals surface area contributed by atoms with Crippen LogP contribution in [0.5, 0.6) is 0 Å². The lowest BCUT2D eigenvalue weighted by atomic mass is 9.97. The van der Waals surface area contributed by atoms with Crippen LogP contribution in [0.3, 0.4) is 0 Å². The average molecular weight is 283 g/mol. The van der Waals surface area contributed by atoms with Crippen molar-refractivity contribution in [1.82, 2.24) is 4.90 Å². The number of piperidine rings is 1. The molecule has 0 radical (unpaired) electrons. The van der Waals surface area contributed by atoms with E-state index in [1.807, 2.05) is 18.7 Å². The number of nitrogens with two attached hydrogens (primary N) is 1. The van der Waals surface area contributed by atoms with Gasteiger partial charge >= 0.3 is 0 Å². The second kappa shape index (κ2) is 6.40. The number of nitrogens with zero attached hydrogens (tertiary/aromatic N) is 1. The van der Waals surface area contributed by atoms with Crippen LogP contribution in [0.15, 0.2) is 12.1 Å². The van der Waals surface area contributed by atoms with Gasteiger partial charge in [-0.25, -0.2) is 0 Å². The number of carbonyl (C=O) groups is 1. The quantitative estimate of drug-likeness (QED) is 0.861. The first-order valence-corrected chi connectivity index (χ1v) is 6.61. The van der Waals surface area contributed by atoms with Gasteiger partial charge in [0.05, 0.1) is 0 Å². The second-order valence-corrected chi connectivity index (χ2v) is 5.40. The lowest BCUT2D eigenvalue weighted by Gasteiger charge is -2.31. The van der Waals surface area contributed by atoms with Crippen LogP contribution < -0.4 is 5.73 Å². The number of rotatable bonds is 1. The Labute approximate surface area is 121 Å². The molecule has 0 atom stereocenters. The van der Waals surface area contributed by atoms with E-state index in [-0.39, 0.29) is 24.4 Å². The van der Waals surface area contributed by atoms with Crippen molar-refractivity contribution < 1.29 is 4.79 Å². The van der Waals surface area contributed by atoms with Gasteiger partial charge in [0.15, 0.2) is 0 Å². The monoisotopic (exact) mass is 282 g/mol. The van der Waals surface area contributed by atoms with E-state index >= 15 is 0 Å². The zero-order chi connectivity index (χ0) is 13.3. The van der Waals surface area contributed by atoms with Crippen LogP contribution in [-0.4, -0.2) is 29.9 Å². The highest BCUT2D eigenvalue weighted by Crippen LogP contribution is 2.20. The van der Waals surface area contributed by atoms with Gasteiger partial charge in [0, 0.05) is 24.7 Å². The highest BCUT2D eigenvalue weighted by atomic mass is 35.5. The fourth-order valence-corrected chi connectivity index (χ4v) is 2.78. The van der Waals surface area contributed by atoms with Gasteiger partial charge in [-0.05, 0) is 44.7 Å². The van der Waals surface area contributed by atoms with Crippen molar-refractivity contribution in [3.63, 3.8) is 0 Å². The second-order valence-electron chi connectivity index (χ2n) is 5.40. The summed E-state index contributed by atoms with van der Waals surface area (Å²) >= 11 is 0. The van der Waals surface area contributed by atoms with Crippen molar-refractivity contribution >= 4 is 18.3 Å². The first-order chi connectivity index (χ1) is 8.49. The molecule has 0 aliphatic carbocycles. The van der Waals surface area contributed by atoms with Crippen LogP contribution in [0.4, 0.5) is 0 Å². The fourth-order valence-electron chi connectivity index (χ4n) is 2.78. The van der Waals surface area contributed by atoms with E-state index in [0.717, 1.165) is 42.6 Å². The molecular formula is C15H23ClN2O. The summed E-state index contributed by atoms with van der Waals surface area (Å²) in [7, 11) is 0. The zero-order valence-corrected chi connectivity index (χ0v) is 12.7. The Bertz CT molecular complexity index is 442. The number of benzene rings is 1. The number of hydrogen-bond acceptors (Lipinski definition) is 2. The van der Waals surface area contributed by atoms with Crippen LogP contribution in [0.25, 0.3) is 0 Å². The largest absolute Gasteiger partial charge is 0.339 e. The molecule has 1 amide bonds. The molecule has 0 unspecified atom stereocenters. The Kier molecular flexibility index (Phi) is 5.39. The number of carbonyl (C=O) groups excluding carboxylic acids is 1. The predicted octanol–water partition coefficient (Wildman–Crippen LogP) is 2.60. The molecule has 19 heavy (non-hydrogen) atoms. The Balaban J connectivity index is 0.00000180. The van der Waals surface area contributed by atoms with E-state index in [2.05, 4.69) is 19.1 Å². The van der Waals surface area contributed by atoms with E-state index < -0.39 is 0 Å². The van der Waals surface area contributed by atoms with Gasteiger partial charge in [0.25, 0.3) is 5.91 Å². The number of halogens is 1. The topological polar surface area (TPSA) is 46.3 Å². The zero-order valence-electron chi connectivity index (χ0n) is 11.9. The summed E-state index contributed by atoms with van der Waals surface area (Å²) < 4.78 is 0. The molecule has 1 heterocycles. The Morgan fingerprint density at radius 3 is 2.11 bits per heavy atom. The van der Waals surface area contributed by atoms with Crippen molar-refractivity contribution in [2.24, 2.45) is 5.73 Å². The maximum Gasteiger partial charge on any atom is 0.254 e. The molecule has 0 saturated carbocycles. The van der Waals surface area contributed by atoms with E-state index in [4.69, 9.17) is 5.73 Å². The lowest BCUT2D eigenvalue weighted by molar-refractivity contribution is 0.0713. The number of amides is 1. The Hall–Kier alpha value is -1.06. The van der Waals surface area contributed by atoms with E-state index in [1.54, 1.807) is 0 Å². The van der Waals surface area contributed by atoms with Gasteiger partial charge in [0.1, 0.15) is 0 Å². The molecule has 1 fully saturated rings. The third-order valence-corrected chi connectivity index (χ3v) is 3.72. The summed E-state index contributed by atoms with van der Waals surface area (Å²) in [6.45, 7) is 7.67. The molecule has 3 nitrogen and oxygen atoms in total. The lowest BCUT2D eigenvalue weighted by Crippen LogP contribution is -2.43. The minimum Gasteiger partial charge on any atom is -0.339 e. The van der Waals surface area contributed by atoms with Gasteiger partial charge in [-0.1, -0.05) is 17.7 Å². The SMILES string of the molecule is Cc1cc(C)c(C(=O)N2CCC(N)CC2)c(C)c1.Cl. The van der Waals surface area contributed by atoms with Crippen molar-refractivity contribution in [2.75, 3.05) is 13.1 Å². The minimum atomic E-state index is 0. The van der Waals surface area contributed by atoms with Crippen LogP contribution in [0, 0.1) is 20.8 Å². The third-order valence-electron chi connectivity index (χ3n) is 3.72. The van der Waals surface area contributed by atoms with Gasteiger partial charge < -0.3 is 10.6 Å². The molecule has 4 heteroatoms. The first kappa shape index (κ1) is 16.0. The molecule has 2 N–H and O–H groups in total. The van der Waals surface area contributed by atoms with E-state index in [1.165, 1.54) is 5.56 Å². The molecule has 2 rings (SSSR count). The predicted molar refractivity (Wildman–Crippen MR) is 81.0 cm³/mol. The maximum atomic E-state index is 12.5. The summed E-state index contributed by atoms with van der Waals surface area (Å²) in [5.41, 5.74) is 10.1. The third kappa shape index (κ3) is 3.48. The molecule has 0 aromatic heterocycles. The first-order valence-electron chi connectivity index (χ1n) is 6.61. The van der Waals surface area contributed by atoms with Gasteiger partial charge in [0.2, 0.25) is 0 Å². The van der Waals surface area contributed by atoms with Gasteiger partial charge in [-0.3, -0.25) is 4.79 Å².